The van der Waals surface area contributed by atoms with Gasteiger partial charge in [0, 0.05) is 21.4 Å². The number of nitrogens with zero attached hydrogens (tertiary/aromatic N) is 2. The van der Waals surface area contributed by atoms with Crippen LogP contribution in [0.1, 0.15) is 47.1 Å². The number of aryl methyl sites for hydroxylation is 1. The fraction of sp³-hybridized carbons (Fsp3) is 0.450. The molecule has 0 unspecified atom stereocenters. The van der Waals surface area contributed by atoms with Crippen LogP contribution in [0.3, 0.4) is 0 Å². The van der Waals surface area contributed by atoms with Gasteiger partial charge in [0.15, 0.2) is 5.82 Å². The first-order chi connectivity index (χ1) is 12.7. The van der Waals surface area contributed by atoms with E-state index in [1.807, 2.05) is 13.0 Å². The number of carbonyl (C=O) groups is 2. The molecule has 2 aromatic rings. The topological polar surface area (TPSA) is 68.7 Å². The molecule has 28 heavy (non-hydrogen) atoms. The van der Waals surface area contributed by atoms with Crippen LogP contribution >= 0.6 is 27.5 Å². The molecule has 152 valence electrons. The van der Waals surface area contributed by atoms with Crippen molar-refractivity contribution >= 4 is 56.3 Å². The maximum Gasteiger partial charge on any atom is 0.425 e. The Kier molecular flexibility index (Phi) is 6.31. The summed E-state index contributed by atoms with van der Waals surface area (Å²) in [6.45, 7) is 12.2. The molecule has 0 atom stereocenters. The van der Waals surface area contributed by atoms with Gasteiger partial charge in [0.2, 0.25) is 0 Å². The van der Waals surface area contributed by atoms with Crippen LogP contribution in [0.15, 0.2) is 22.8 Å². The van der Waals surface area contributed by atoms with Gasteiger partial charge in [0.05, 0.1) is 5.02 Å². The van der Waals surface area contributed by atoms with Gasteiger partial charge in [-0.1, -0.05) is 17.7 Å². The molecule has 0 N–H and O–H groups in total. The minimum absolute atomic E-state index is 0.0479. The number of aromatic nitrogens is 1. The van der Waals surface area contributed by atoms with Crippen LogP contribution in [0.5, 0.6) is 0 Å². The van der Waals surface area contributed by atoms with Crippen molar-refractivity contribution in [3.63, 3.8) is 0 Å². The second-order valence-electron chi connectivity index (χ2n) is 8.40. The molecule has 8 heteroatoms. The van der Waals surface area contributed by atoms with Gasteiger partial charge in [-0.3, -0.25) is 0 Å². The van der Waals surface area contributed by atoms with Crippen molar-refractivity contribution < 1.29 is 19.1 Å². The Labute approximate surface area is 178 Å². The van der Waals surface area contributed by atoms with Gasteiger partial charge in [-0.05, 0) is 76.0 Å². The Balaban J connectivity index is 2.72. The molecule has 0 spiro atoms. The Morgan fingerprint density at radius 1 is 1.04 bits per heavy atom. The lowest BCUT2D eigenvalue weighted by Crippen LogP contribution is -2.44. The smallest absolute Gasteiger partial charge is 0.425 e. The highest BCUT2D eigenvalue weighted by Gasteiger charge is 2.35. The van der Waals surface area contributed by atoms with E-state index in [1.54, 1.807) is 47.6 Å². The molecular weight excluding hydrogens is 448 g/mol. The third-order valence-corrected chi connectivity index (χ3v) is 4.31. The first kappa shape index (κ1) is 22.4. The van der Waals surface area contributed by atoms with Gasteiger partial charge in [0.1, 0.15) is 11.2 Å². The predicted molar refractivity (Wildman–Crippen MR) is 114 cm³/mol. The fourth-order valence-electron chi connectivity index (χ4n) is 2.44. The number of benzene rings is 1. The van der Waals surface area contributed by atoms with Crippen molar-refractivity contribution in [2.24, 2.45) is 0 Å². The molecule has 1 aromatic carbocycles. The third kappa shape index (κ3) is 5.35. The molecule has 2 rings (SSSR count). The Morgan fingerprint density at radius 2 is 1.54 bits per heavy atom. The largest absolute Gasteiger partial charge is 0.443 e. The first-order valence-corrected chi connectivity index (χ1v) is 9.87. The van der Waals surface area contributed by atoms with Crippen LogP contribution in [0.2, 0.25) is 5.02 Å². The van der Waals surface area contributed by atoms with E-state index < -0.39 is 23.4 Å². The number of hydrogen-bond donors (Lipinski definition) is 0. The number of imide groups is 1. The molecule has 0 bridgehead atoms. The van der Waals surface area contributed by atoms with E-state index in [0.717, 1.165) is 10.5 Å². The summed E-state index contributed by atoms with van der Waals surface area (Å²) in [4.78, 5) is 30.9. The Hall–Kier alpha value is -1.86. The molecule has 0 aliphatic carbocycles. The van der Waals surface area contributed by atoms with Crippen molar-refractivity contribution in [3.05, 3.63) is 33.4 Å². The van der Waals surface area contributed by atoms with E-state index in [2.05, 4.69) is 20.9 Å². The average molecular weight is 472 g/mol. The van der Waals surface area contributed by atoms with Crippen molar-refractivity contribution in [3.8, 4) is 0 Å². The van der Waals surface area contributed by atoms with E-state index in [4.69, 9.17) is 21.1 Å². The molecule has 0 aliphatic rings. The summed E-state index contributed by atoms with van der Waals surface area (Å²) in [5, 5.41) is 1.52. The number of ether oxygens (including phenoxy) is 2. The zero-order valence-corrected chi connectivity index (χ0v) is 19.4. The predicted octanol–water partition coefficient (Wildman–Crippen LogP) is 6.64. The average Bonchev–Trinajstić information content (AvgIpc) is 2.46. The van der Waals surface area contributed by atoms with Crippen LogP contribution < -0.4 is 4.90 Å². The van der Waals surface area contributed by atoms with Crippen molar-refractivity contribution in [1.82, 2.24) is 4.98 Å². The molecular formula is C20H24BrClN2O4. The van der Waals surface area contributed by atoms with Crippen molar-refractivity contribution in [1.29, 1.82) is 0 Å². The van der Waals surface area contributed by atoms with E-state index in [1.165, 1.54) is 6.20 Å². The molecule has 0 radical (unpaired) electrons. The zero-order valence-electron chi connectivity index (χ0n) is 17.0. The second kappa shape index (κ2) is 7.87. The lowest BCUT2D eigenvalue weighted by atomic mass is 10.1. The number of amides is 2. The molecule has 0 saturated heterocycles. The summed E-state index contributed by atoms with van der Waals surface area (Å²) in [7, 11) is 0. The summed E-state index contributed by atoms with van der Waals surface area (Å²) in [6, 6.07) is 3.63. The number of hydrogen-bond acceptors (Lipinski definition) is 5. The zero-order chi connectivity index (χ0) is 21.4. The number of rotatable bonds is 1. The van der Waals surface area contributed by atoms with E-state index in [-0.39, 0.29) is 5.82 Å². The monoisotopic (exact) mass is 470 g/mol. The minimum Gasteiger partial charge on any atom is -0.443 e. The molecule has 0 saturated carbocycles. The number of halogens is 2. The van der Waals surface area contributed by atoms with E-state index in [0.29, 0.717) is 20.3 Å². The summed E-state index contributed by atoms with van der Waals surface area (Å²) < 4.78 is 11.5. The Morgan fingerprint density at radius 3 is 2.00 bits per heavy atom. The molecule has 0 aliphatic heterocycles. The maximum absolute atomic E-state index is 12.9. The molecule has 1 heterocycles. The number of pyridine rings is 1. The van der Waals surface area contributed by atoms with Crippen molar-refractivity contribution in [2.75, 3.05) is 4.90 Å². The van der Waals surface area contributed by atoms with Crippen LogP contribution in [0, 0.1) is 6.92 Å². The van der Waals surface area contributed by atoms with Crippen molar-refractivity contribution in [2.45, 2.75) is 59.7 Å². The quantitative estimate of drug-likeness (QED) is 0.466. The second-order valence-corrected chi connectivity index (χ2v) is 9.66. The SMILES string of the molecule is Cc1cc(Cl)c2c(N(C(=O)OC(C)(C)C)C(=O)OC(C)(C)C)ncc(Br)c2c1. The van der Waals surface area contributed by atoms with Crippen LogP contribution in [0.4, 0.5) is 15.4 Å². The van der Waals surface area contributed by atoms with E-state index in [9.17, 15) is 9.59 Å². The third-order valence-electron chi connectivity index (χ3n) is 3.38. The lowest BCUT2D eigenvalue weighted by molar-refractivity contribution is 0.0429. The standard InChI is InChI=1S/C20H24BrClN2O4/c1-11-8-12-13(21)10-23-16(15(12)14(22)9-11)24(17(25)27-19(2,3)4)18(26)28-20(5,6)7/h8-10H,1-7H3. The summed E-state index contributed by atoms with van der Waals surface area (Å²) in [6.07, 6.45) is -0.279. The van der Waals surface area contributed by atoms with E-state index >= 15 is 0 Å². The molecule has 0 fully saturated rings. The van der Waals surface area contributed by atoms with Gasteiger partial charge in [0.25, 0.3) is 0 Å². The van der Waals surface area contributed by atoms with Gasteiger partial charge >= 0.3 is 12.2 Å². The summed E-state index contributed by atoms with van der Waals surface area (Å²) in [5.74, 6) is 0.0479. The van der Waals surface area contributed by atoms with Crippen LogP contribution in [0.25, 0.3) is 10.8 Å². The van der Waals surface area contributed by atoms with Crippen LogP contribution in [-0.2, 0) is 9.47 Å². The molecule has 2 amide bonds. The highest BCUT2D eigenvalue weighted by Crippen LogP contribution is 2.37. The minimum atomic E-state index is -0.894. The van der Waals surface area contributed by atoms with Gasteiger partial charge < -0.3 is 9.47 Å². The molecule has 1 aromatic heterocycles. The Bertz CT molecular complexity index is 904. The maximum atomic E-state index is 12.9. The van der Waals surface area contributed by atoms with Gasteiger partial charge in [-0.25, -0.2) is 14.6 Å². The number of fused-ring (bicyclic) bond motifs is 1. The van der Waals surface area contributed by atoms with Gasteiger partial charge in [-0.2, -0.15) is 4.90 Å². The fourth-order valence-corrected chi connectivity index (χ4v) is 3.22. The summed E-state index contributed by atoms with van der Waals surface area (Å²) in [5.41, 5.74) is -0.706. The summed E-state index contributed by atoms with van der Waals surface area (Å²) >= 11 is 9.92. The number of carbonyl (C=O) groups excluding carboxylic acids is 2. The normalized spacial score (nSPS) is 12.0. The highest BCUT2D eigenvalue weighted by atomic mass is 79.9. The van der Waals surface area contributed by atoms with Crippen LogP contribution in [-0.4, -0.2) is 28.4 Å². The first-order valence-electron chi connectivity index (χ1n) is 8.70. The van der Waals surface area contributed by atoms with Gasteiger partial charge in [-0.15, -0.1) is 0 Å². The number of anilines is 1. The lowest BCUT2D eigenvalue weighted by Gasteiger charge is -2.28. The highest BCUT2D eigenvalue weighted by molar-refractivity contribution is 9.10. The molecule has 6 nitrogen and oxygen atoms in total.